The molecule has 1 atom stereocenters. The Balaban J connectivity index is 3.13. The zero-order chi connectivity index (χ0) is 16.6. The summed E-state index contributed by atoms with van der Waals surface area (Å²) in [4.78, 5) is 11.3. The summed E-state index contributed by atoms with van der Waals surface area (Å²) in [7, 11) is 0. The summed E-state index contributed by atoms with van der Waals surface area (Å²) in [5.74, 6) is 1.13. The maximum Gasteiger partial charge on any atom is 0.222 e. The van der Waals surface area contributed by atoms with Gasteiger partial charge in [0.15, 0.2) is 0 Å². The van der Waals surface area contributed by atoms with Gasteiger partial charge in [0.25, 0.3) is 0 Å². The molecule has 0 rings (SSSR count). The average molecular weight is 314 g/mol. The van der Waals surface area contributed by atoms with Crippen molar-refractivity contribution in [3.05, 3.63) is 0 Å². The molecule has 22 heavy (non-hydrogen) atoms. The summed E-state index contributed by atoms with van der Waals surface area (Å²) in [6.45, 7) is 11.0. The summed E-state index contributed by atoms with van der Waals surface area (Å²) < 4.78 is 5.64. The van der Waals surface area contributed by atoms with Crippen LogP contribution >= 0.6 is 0 Å². The number of ether oxygens (including phenoxy) is 1. The monoisotopic (exact) mass is 313 g/mol. The molecule has 3 nitrogen and oxygen atoms in total. The average Bonchev–Trinajstić information content (AvgIpc) is 2.48. The van der Waals surface area contributed by atoms with Crippen LogP contribution in [0.15, 0.2) is 0 Å². The maximum absolute atomic E-state index is 11.3. The van der Waals surface area contributed by atoms with E-state index in [0.717, 1.165) is 38.5 Å². The molecular formula is C19H39NO2. The van der Waals surface area contributed by atoms with E-state index in [-0.39, 0.29) is 11.8 Å². The van der Waals surface area contributed by atoms with Crippen molar-refractivity contribution < 1.29 is 9.53 Å². The molecule has 0 aromatic rings. The van der Waals surface area contributed by atoms with Crippen LogP contribution in [0.4, 0.5) is 0 Å². The summed E-state index contributed by atoms with van der Waals surface area (Å²) in [5.41, 5.74) is 0. The van der Waals surface area contributed by atoms with Crippen molar-refractivity contribution in [1.29, 1.82) is 0 Å². The molecule has 0 fully saturated rings. The minimum Gasteiger partial charge on any atom is -0.381 e. The van der Waals surface area contributed by atoms with E-state index in [1.54, 1.807) is 0 Å². The topological polar surface area (TPSA) is 38.3 Å². The van der Waals surface area contributed by atoms with E-state index in [4.69, 9.17) is 4.74 Å². The summed E-state index contributed by atoms with van der Waals surface area (Å²) in [6.07, 6.45) is 11.3. The minimum atomic E-state index is 0.0845. The highest BCUT2D eigenvalue weighted by atomic mass is 16.5. The quantitative estimate of drug-likeness (QED) is 0.435. The van der Waals surface area contributed by atoms with Gasteiger partial charge in [0, 0.05) is 25.7 Å². The number of unbranched alkanes of at least 4 members (excludes halogenated alkanes) is 4. The standard InChI is InChI=1S/C19H39NO2/c1-5-12-18(4)13-8-6-7-10-15-22-16-11-9-14-20-19(21)17(2)3/h17-18H,5-16H2,1-4H3,(H,20,21). The van der Waals surface area contributed by atoms with E-state index in [1.165, 1.54) is 44.9 Å². The maximum atomic E-state index is 11.3. The van der Waals surface area contributed by atoms with Crippen molar-refractivity contribution in [2.75, 3.05) is 19.8 Å². The number of nitrogens with one attached hydrogen (secondary N) is 1. The number of carbonyl (C=O) groups excluding carboxylic acids is 1. The normalized spacial score (nSPS) is 12.6. The Kier molecular flexibility index (Phi) is 14.9. The van der Waals surface area contributed by atoms with E-state index < -0.39 is 0 Å². The van der Waals surface area contributed by atoms with Crippen LogP contribution in [0.25, 0.3) is 0 Å². The largest absolute Gasteiger partial charge is 0.381 e. The number of rotatable bonds is 15. The fourth-order valence-electron chi connectivity index (χ4n) is 2.53. The van der Waals surface area contributed by atoms with Crippen LogP contribution < -0.4 is 5.32 Å². The van der Waals surface area contributed by atoms with E-state index in [9.17, 15) is 4.79 Å². The Morgan fingerprint density at radius 3 is 2.18 bits per heavy atom. The van der Waals surface area contributed by atoms with Crippen LogP contribution in [-0.4, -0.2) is 25.7 Å². The Hall–Kier alpha value is -0.570. The second-order valence-electron chi connectivity index (χ2n) is 6.86. The zero-order valence-corrected chi connectivity index (χ0v) is 15.5. The summed E-state index contributed by atoms with van der Waals surface area (Å²) in [6, 6.07) is 0. The predicted octanol–water partition coefficient (Wildman–Crippen LogP) is 4.94. The van der Waals surface area contributed by atoms with E-state index in [2.05, 4.69) is 19.2 Å². The van der Waals surface area contributed by atoms with Crippen LogP contribution in [-0.2, 0) is 9.53 Å². The molecule has 1 N–H and O–H groups in total. The SMILES string of the molecule is CCCC(C)CCCCCCOCCCCNC(=O)C(C)C. The van der Waals surface area contributed by atoms with Crippen molar-refractivity contribution in [2.45, 2.75) is 85.5 Å². The minimum absolute atomic E-state index is 0.0845. The molecule has 1 amide bonds. The first-order chi connectivity index (χ1) is 10.6. The molecule has 0 aromatic heterocycles. The van der Waals surface area contributed by atoms with Gasteiger partial charge in [-0.25, -0.2) is 0 Å². The second kappa shape index (κ2) is 15.3. The fraction of sp³-hybridized carbons (Fsp3) is 0.947. The zero-order valence-electron chi connectivity index (χ0n) is 15.5. The van der Waals surface area contributed by atoms with Crippen LogP contribution in [0.3, 0.4) is 0 Å². The number of carbonyl (C=O) groups is 1. The van der Waals surface area contributed by atoms with E-state index in [0.29, 0.717) is 0 Å². The second-order valence-corrected chi connectivity index (χ2v) is 6.86. The molecule has 0 aromatic carbocycles. The van der Waals surface area contributed by atoms with Crippen molar-refractivity contribution in [2.24, 2.45) is 11.8 Å². The lowest BCUT2D eigenvalue weighted by atomic mass is 9.98. The lowest BCUT2D eigenvalue weighted by Gasteiger charge is -2.09. The van der Waals surface area contributed by atoms with Crippen LogP contribution in [0.5, 0.6) is 0 Å². The molecule has 3 heteroatoms. The first-order valence-corrected chi connectivity index (χ1v) is 9.43. The number of hydrogen-bond donors (Lipinski definition) is 1. The van der Waals surface area contributed by atoms with Gasteiger partial charge in [0.2, 0.25) is 5.91 Å². The highest BCUT2D eigenvalue weighted by molar-refractivity contribution is 5.77. The molecule has 0 aliphatic rings. The van der Waals surface area contributed by atoms with Gasteiger partial charge < -0.3 is 10.1 Å². The third-order valence-corrected chi connectivity index (χ3v) is 4.06. The Morgan fingerprint density at radius 1 is 0.909 bits per heavy atom. The fourth-order valence-corrected chi connectivity index (χ4v) is 2.53. The Morgan fingerprint density at radius 2 is 1.55 bits per heavy atom. The predicted molar refractivity (Wildman–Crippen MR) is 95.1 cm³/mol. The highest BCUT2D eigenvalue weighted by Crippen LogP contribution is 2.14. The third kappa shape index (κ3) is 14.4. The molecule has 0 bridgehead atoms. The van der Waals surface area contributed by atoms with Gasteiger partial charge in [0.05, 0.1) is 0 Å². The smallest absolute Gasteiger partial charge is 0.222 e. The molecule has 0 heterocycles. The molecule has 0 spiro atoms. The molecular weight excluding hydrogens is 274 g/mol. The number of hydrogen-bond acceptors (Lipinski definition) is 2. The van der Waals surface area contributed by atoms with E-state index in [1.807, 2.05) is 13.8 Å². The lowest BCUT2D eigenvalue weighted by Crippen LogP contribution is -2.28. The van der Waals surface area contributed by atoms with Gasteiger partial charge in [-0.05, 0) is 25.2 Å². The molecule has 1 unspecified atom stereocenters. The van der Waals surface area contributed by atoms with Gasteiger partial charge in [-0.15, -0.1) is 0 Å². The molecule has 132 valence electrons. The van der Waals surface area contributed by atoms with Crippen LogP contribution in [0.2, 0.25) is 0 Å². The lowest BCUT2D eigenvalue weighted by molar-refractivity contribution is -0.123. The van der Waals surface area contributed by atoms with Gasteiger partial charge in [-0.1, -0.05) is 66.2 Å². The molecule has 0 aliphatic carbocycles. The summed E-state index contributed by atoms with van der Waals surface area (Å²) >= 11 is 0. The van der Waals surface area contributed by atoms with Crippen molar-refractivity contribution >= 4 is 5.91 Å². The van der Waals surface area contributed by atoms with Crippen molar-refractivity contribution in [1.82, 2.24) is 5.32 Å². The molecule has 0 saturated heterocycles. The van der Waals surface area contributed by atoms with Crippen molar-refractivity contribution in [3.8, 4) is 0 Å². The van der Waals surface area contributed by atoms with E-state index >= 15 is 0 Å². The summed E-state index contributed by atoms with van der Waals surface area (Å²) in [5, 5.41) is 2.93. The number of amides is 1. The molecule has 0 saturated carbocycles. The Bertz CT molecular complexity index is 254. The first kappa shape index (κ1) is 21.4. The van der Waals surface area contributed by atoms with Gasteiger partial charge in [-0.2, -0.15) is 0 Å². The highest BCUT2D eigenvalue weighted by Gasteiger charge is 2.04. The van der Waals surface area contributed by atoms with Crippen LogP contribution in [0, 0.1) is 11.8 Å². The third-order valence-electron chi connectivity index (χ3n) is 4.06. The van der Waals surface area contributed by atoms with Crippen molar-refractivity contribution in [3.63, 3.8) is 0 Å². The Labute approximate surface area is 138 Å². The molecule has 0 aliphatic heterocycles. The molecule has 0 radical (unpaired) electrons. The van der Waals surface area contributed by atoms with Gasteiger partial charge >= 0.3 is 0 Å². The van der Waals surface area contributed by atoms with Crippen LogP contribution in [0.1, 0.15) is 85.5 Å². The first-order valence-electron chi connectivity index (χ1n) is 9.43. The van der Waals surface area contributed by atoms with Gasteiger partial charge in [-0.3, -0.25) is 4.79 Å². The van der Waals surface area contributed by atoms with Gasteiger partial charge in [0.1, 0.15) is 0 Å².